The van der Waals surface area contributed by atoms with Crippen LogP contribution in [0.5, 0.6) is 0 Å². The molecule has 0 spiro atoms. The fourth-order valence-corrected chi connectivity index (χ4v) is 155. The van der Waals surface area contributed by atoms with Crippen LogP contribution in [0.25, 0.3) is 0 Å². The van der Waals surface area contributed by atoms with E-state index >= 15 is 0 Å². The molecule has 0 saturated carbocycles. The van der Waals surface area contributed by atoms with E-state index in [4.69, 9.17) is 104 Å². The molecule has 0 aliphatic rings. The van der Waals surface area contributed by atoms with Gasteiger partial charge in [-0.15, -0.1) is 192 Å². The van der Waals surface area contributed by atoms with E-state index in [9.17, 15) is 0 Å². The quantitative estimate of drug-likeness (QED) is 0.132. The van der Waals surface area contributed by atoms with Gasteiger partial charge in [0.2, 0.25) is 0 Å². The second-order valence-electron chi connectivity index (χ2n) is 2.92. The van der Waals surface area contributed by atoms with Crippen LogP contribution in [0.4, 0.5) is 0 Å². The van der Waals surface area contributed by atoms with Crippen molar-refractivity contribution in [3.05, 3.63) is 0 Å². The Labute approximate surface area is 222 Å². The van der Waals surface area contributed by atoms with Gasteiger partial charge >= 0.3 is 0 Å². The average molecular weight is 792 g/mol. The molecule has 0 aromatic heterocycles. The van der Waals surface area contributed by atoms with Crippen molar-refractivity contribution in [2.75, 3.05) is 0 Å². The highest BCUT2D eigenvalue weighted by molar-refractivity contribution is 9.33. The zero-order valence-electron chi connectivity index (χ0n) is 10.7. The van der Waals surface area contributed by atoms with Gasteiger partial charge in [-0.1, -0.05) is 14.1 Å². The Morgan fingerprint density at radius 2 is 0.417 bits per heavy atom. The van der Waals surface area contributed by atoms with Crippen molar-refractivity contribution < 1.29 is 0 Å². The van der Waals surface area contributed by atoms with E-state index in [1.54, 1.807) is 0 Å². The summed E-state index contributed by atoms with van der Waals surface area (Å²) in [7, 11) is -7.73. The van der Waals surface area contributed by atoms with E-state index in [-0.39, 0.29) is 0 Å². The van der Waals surface area contributed by atoms with E-state index in [0.29, 0.717) is 0 Å². The maximum absolute atomic E-state index is 5.27. The summed E-state index contributed by atoms with van der Waals surface area (Å²) in [5, 5.41) is 0. The van der Waals surface area contributed by atoms with Crippen LogP contribution in [-0.4, -0.2) is 0 Å². The maximum atomic E-state index is 5.27. The number of rotatable bonds is 0. The molecule has 24 heavy (non-hydrogen) atoms. The van der Waals surface area contributed by atoms with E-state index in [0.717, 1.165) is 0 Å². The topological polar surface area (TPSA) is 0 Å². The summed E-state index contributed by atoms with van der Waals surface area (Å²) < 4.78 is 0. The third kappa shape index (κ3) is 11.0. The van der Waals surface area contributed by atoms with Gasteiger partial charge in [-0.05, 0) is 22.4 Å². The molecule has 0 bridgehead atoms. The molecular formula is H22S24. The third-order valence-corrected chi connectivity index (χ3v) is 128. The minimum atomic E-state index is -0.806. The largest absolute Gasteiger partial charge is 0.115 e. The number of hydrogen-bond donors (Lipinski definition) is 22. The lowest BCUT2D eigenvalue weighted by Crippen LogP contribution is -1.79. The fraction of sp³-hybridized carbons (Fsp3) is 0. The van der Waals surface area contributed by atoms with Crippen LogP contribution in [0.15, 0.2) is 0 Å². The van der Waals surface area contributed by atoms with E-state index in [1.807, 2.05) is 0 Å². The lowest BCUT2D eigenvalue weighted by atomic mass is 30.2. The summed E-state index contributed by atoms with van der Waals surface area (Å²) in [5.41, 5.74) is 0. The van der Waals surface area contributed by atoms with Crippen LogP contribution in [0.2, 0.25) is 0 Å². The summed E-state index contributed by atoms with van der Waals surface area (Å²) in [6, 6.07) is 0. The van der Waals surface area contributed by atoms with Crippen molar-refractivity contribution in [1.82, 2.24) is 0 Å². The van der Waals surface area contributed by atoms with Gasteiger partial charge in [0, 0.05) is 0 Å². The van der Waals surface area contributed by atoms with Crippen LogP contribution >= 0.6 is 128 Å². The molecule has 0 aliphatic carbocycles. The SMILES string of the molecule is S=[SH](/S)=[SH](/S)=[SH](\S)=[SH](/S)=[SH](\S)=[SH](/S)=[SH](\S)=[SH](/S)=[SH](\S)=[SH](/S)=[SH](=S)/S. The van der Waals surface area contributed by atoms with Gasteiger partial charge in [0.25, 0.3) is 0 Å². The molecule has 0 nitrogen and oxygen atoms in total. The normalized spacial score (nSPS) is 26.3. The summed E-state index contributed by atoms with van der Waals surface area (Å²) in [4.78, 5) is 0. The third-order valence-electron chi connectivity index (χ3n) is 1.59. The first-order valence-corrected chi connectivity index (χ1v) is 41.1. The molecule has 0 aliphatic heterocycles. The van der Waals surface area contributed by atoms with Crippen molar-refractivity contribution in [3.63, 3.8) is 0 Å². The Morgan fingerprint density at radius 3 is 0.542 bits per heavy atom. The van der Waals surface area contributed by atoms with Crippen LogP contribution in [0.3, 0.4) is 0 Å². The lowest BCUT2D eigenvalue weighted by molar-refractivity contribution is 5.51. The van der Waals surface area contributed by atoms with Gasteiger partial charge in [-0.3, -0.25) is 0 Å². The van der Waals surface area contributed by atoms with Gasteiger partial charge in [0.15, 0.2) is 0 Å². The van der Waals surface area contributed by atoms with Crippen LogP contribution in [0, 0.1) is 0 Å². The maximum Gasteiger partial charge on any atom is -0.0442 e. The second-order valence-corrected chi connectivity index (χ2v) is 78.9. The molecule has 10 unspecified atom stereocenters. The van der Waals surface area contributed by atoms with Gasteiger partial charge in [-0.25, -0.2) is 0 Å². The molecule has 0 fully saturated rings. The average Bonchev–Trinajstić information content (AvgIpc) is 2.55. The monoisotopic (exact) mass is 790 g/mol. The van der Waals surface area contributed by atoms with E-state index in [1.165, 1.54) is 0 Å². The molecule has 0 amide bonds. The zero-order valence-corrected chi connectivity index (χ0v) is 32.0. The second kappa shape index (κ2) is 16.7. The zero-order chi connectivity index (χ0) is 19.4. The smallest absolute Gasteiger partial charge is 0.0442 e. The summed E-state index contributed by atoms with van der Waals surface area (Å²) >= 11 is 62.3. The Kier molecular flexibility index (Phi) is 22.4. The van der Waals surface area contributed by atoms with Crippen LogP contribution < -0.4 is 0 Å². The summed E-state index contributed by atoms with van der Waals surface area (Å²) in [5.74, 6) is 0. The molecule has 0 aromatic rings. The lowest BCUT2D eigenvalue weighted by Gasteiger charge is -2.01. The molecule has 0 radical (unpaired) electrons. The summed E-state index contributed by atoms with van der Waals surface area (Å²) in [6.07, 6.45) is 0. The molecular weight excluding hydrogens is 770 g/mol. The Hall–Kier alpha value is 8.14. The van der Waals surface area contributed by atoms with Gasteiger partial charge in [0.1, 0.15) is 0 Å². The Balaban J connectivity index is 8.65. The highest BCUT2D eigenvalue weighted by atomic mass is 34.0. The predicted molar refractivity (Wildman–Crippen MR) is 210 cm³/mol. The van der Waals surface area contributed by atoms with Crippen molar-refractivity contribution in [3.8, 4) is 0 Å². The molecule has 0 N–H and O–H groups in total. The number of hydrogen-bond acceptors (Lipinski definition) is 2. The first kappa shape index (κ1) is 32.1. The number of thiol groups is 22. The minimum absolute atomic E-state index is 0.668. The molecule has 0 rings (SSSR count). The van der Waals surface area contributed by atoms with Gasteiger partial charge in [-0.2, -0.15) is 0 Å². The van der Waals surface area contributed by atoms with E-state index in [2.05, 4.69) is 46.6 Å². The first-order valence-electron chi connectivity index (χ1n) is 4.57. The standard InChI is InChI=1S/H22S24/c1-14(2)16(5)18(7)20(9)22(11)24(13)23(12)21(10)19(8)17(6)15(3)4/h5-24H,(H,1,2)(H,3,4). The highest BCUT2D eigenvalue weighted by Crippen LogP contribution is 2.09. The van der Waals surface area contributed by atoms with Crippen molar-refractivity contribution in [2.45, 2.75) is 0 Å². The first-order chi connectivity index (χ1) is 10.8. The molecule has 24 heteroatoms. The molecule has 0 heterocycles. The molecule has 0 aromatic carbocycles. The van der Waals surface area contributed by atoms with Crippen molar-refractivity contribution >= 4 is 228 Å². The van der Waals surface area contributed by atoms with Crippen molar-refractivity contribution in [2.24, 2.45) is 0 Å². The predicted octanol–water partition coefficient (Wildman–Crippen LogP) is 1.21. The molecule has 166 valence electrons. The molecule has 10 atom stereocenters. The Bertz CT molecular complexity index is 1100. The molecule has 0 saturated heterocycles. The minimum Gasteiger partial charge on any atom is -0.115 e. The van der Waals surface area contributed by atoms with E-state index < -0.39 is 77.5 Å². The Morgan fingerprint density at radius 1 is 0.292 bits per heavy atom. The highest BCUT2D eigenvalue weighted by Gasteiger charge is 1.80. The summed E-state index contributed by atoms with van der Waals surface area (Å²) in [6.45, 7) is 0. The van der Waals surface area contributed by atoms with Gasteiger partial charge < -0.3 is 0 Å². The van der Waals surface area contributed by atoms with Crippen LogP contribution in [-0.2, 0) is 99.9 Å². The van der Waals surface area contributed by atoms with Gasteiger partial charge in [0.05, 0.1) is 0 Å². The van der Waals surface area contributed by atoms with Crippen molar-refractivity contribution in [1.29, 1.82) is 0 Å². The van der Waals surface area contributed by atoms with Crippen LogP contribution in [0.1, 0.15) is 0 Å². The fourth-order valence-electron chi connectivity index (χ4n) is 0.638.